The highest BCUT2D eigenvalue weighted by atomic mass is 32.2. The predicted octanol–water partition coefficient (Wildman–Crippen LogP) is 0.871. The van der Waals surface area contributed by atoms with Gasteiger partial charge >= 0.3 is 0 Å². The van der Waals surface area contributed by atoms with Gasteiger partial charge in [-0.25, -0.2) is 8.42 Å². The van der Waals surface area contributed by atoms with Crippen LogP contribution in [0.3, 0.4) is 0 Å². The SMILES string of the molecule is [CH2]c1ccc(C(N)S(C)(=O)=O)cc1. The van der Waals surface area contributed by atoms with Crippen LogP contribution in [0.4, 0.5) is 0 Å². The highest BCUT2D eigenvalue weighted by Gasteiger charge is 2.16. The lowest BCUT2D eigenvalue weighted by Gasteiger charge is -2.09. The summed E-state index contributed by atoms with van der Waals surface area (Å²) in [7, 11) is -3.21. The average molecular weight is 198 g/mol. The number of hydrogen-bond donors (Lipinski definition) is 1. The van der Waals surface area contributed by atoms with E-state index >= 15 is 0 Å². The molecule has 4 heteroatoms. The van der Waals surface area contributed by atoms with Crippen molar-refractivity contribution in [2.45, 2.75) is 5.37 Å². The maximum Gasteiger partial charge on any atom is 0.167 e. The first-order valence-electron chi connectivity index (χ1n) is 3.77. The third-order valence-corrected chi connectivity index (χ3v) is 2.96. The molecule has 1 aromatic carbocycles. The Hall–Kier alpha value is -0.870. The third-order valence-electron chi connectivity index (χ3n) is 1.77. The Labute approximate surface area is 78.5 Å². The Morgan fingerprint density at radius 3 is 2.15 bits per heavy atom. The maximum atomic E-state index is 11.1. The molecule has 0 saturated heterocycles. The van der Waals surface area contributed by atoms with E-state index in [0.29, 0.717) is 5.56 Å². The first kappa shape index (κ1) is 10.2. The van der Waals surface area contributed by atoms with E-state index in [1.807, 2.05) is 0 Å². The Balaban J connectivity index is 3.04. The smallest absolute Gasteiger partial charge is 0.167 e. The van der Waals surface area contributed by atoms with Crippen LogP contribution >= 0.6 is 0 Å². The average Bonchev–Trinajstić information content (AvgIpc) is 2.03. The lowest BCUT2D eigenvalue weighted by Crippen LogP contribution is -2.20. The van der Waals surface area contributed by atoms with Crippen LogP contribution in [0.15, 0.2) is 24.3 Å². The van der Waals surface area contributed by atoms with E-state index < -0.39 is 15.2 Å². The Morgan fingerprint density at radius 1 is 1.31 bits per heavy atom. The van der Waals surface area contributed by atoms with Gasteiger partial charge in [-0.15, -0.1) is 0 Å². The van der Waals surface area contributed by atoms with Gasteiger partial charge in [0.2, 0.25) is 0 Å². The molecule has 0 aliphatic heterocycles. The van der Waals surface area contributed by atoms with Crippen molar-refractivity contribution in [3.8, 4) is 0 Å². The molecule has 0 aliphatic rings. The molecule has 0 spiro atoms. The summed E-state index contributed by atoms with van der Waals surface area (Å²) in [6.07, 6.45) is 1.12. The van der Waals surface area contributed by atoms with E-state index in [1.54, 1.807) is 24.3 Å². The lowest BCUT2D eigenvalue weighted by molar-refractivity contribution is 0.590. The molecule has 0 amide bonds. The van der Waals surface area contributed by atoms with E-state index in [4.69, 9.17) is 5.73 Å². The van der Waals surface area contributed by atoms with Crippen LogP contribution in [0.5, 0.6) is 0 Å². The van der Waals surface area contributed by atoms with Crippen molar-refractivity contribution < 1.29 is 8.42 Å². The van der Waals surface area contributed by atoms with E-state index in [1.165, 1.54) is 0 Å². The predicted molar refractivity (Wildman–Crippen MR) is 52.7 cm³/mol. The van der Waals surface area contributed by atoms with Gasteiger partial charge in [-0.1, -0.05) is 24.3 Å². The summed E-state index contributed by atoms with van der Waals surface area (Å²) in [5.74, 6) is 0. The molecule has 1 unspecified atom stereocenters. The minimum absolute atomic E-state index is 0.593. The summed E-state index contributed by atoms with van der Waals surface area (Å²) >= 11 is 0. The highest BCUT2D eigenvalue weighted by Crippen LogP contribution is 2.15. The van der Waals surface area contributed by atoms with Crippen LogP contribution in [0.1, 0.15) is 16.5 Å². The van der Waals surface area contributed by atoms with Crippen molar-refractivity contribution in [1.82, 2.24) is 0 Å². The third kappa shape index (κ3) is 2.54. The molecule has 0 aromatic heterocycles. The normalized spacial score (nSPS) is 14.1. The molecule has 0 aliphatic carbocycles. The first-order valence-corrected chi connectivity index (χ1v) is 5.73. The number of sulfone groups is 1. The maximum absolute atomic E-state index is 11.1. The number of rotatable bonds is 2. The largest absolute Gasteiger partial charge is 0.311 e. The molecular formula is C9H12NO2S. The topological polar surface area (TPSA) is 60.2 Å². The number of nitrogens with two attached hydrogens (primary N) is 1. The second-order valence-corrected chi connectivity index (χ2v) is 5.16. The molecule has 1 atom stereocenters. The van der Waals surface area contributed by atoms with Gasteiger partial charge in [0, 0.05) is 6.26 Å². The van der Waals surface area contributed by atoms with Crippen molar-refractivity contribution >= 4 is 9.84 Å². The van der Waals surface area contributed by atoms with E-state index in [-0.39, 0.29) is 0 Å². The Kier molecular flexibility index (Phi) is 2.73. The molecule has 1 rings (SSSR count). The molecule has 13 heavy (non-hydrogen) atoms. The van der Waals surface area contributed by atoms with Crippen molar-refractivity contribution in [2.24, 2.45) is 5.73 Å². The van der Waals surface area contributed by atoms with Crippen LogP contribution in [0, 0.1) is 6.92 Å². The van der Waals surface area contributed by atoms with Crippen molar-refractivity contribution in [3.05, 3.63) is 42.3 Å². The van der Waals surface area contributed by atoms with Gasteiger partial charge in [-0.3, -0.25) is 0 Å². The van der Waals surface area contributed by atoms with Gasteiger partial charge < -0.3 is 5.73 Å². The summed E-state index contributed by atoms with van der Waals surface area (Å²) in [4.78, 5) is 0. The summed E-state index contributed by atoms with van der Waals surface area (Å²) in [6.45, 7) is 3.69. The molecule has 1 radical (unpaired) electrons. The van der Waals surface area contributed by atoms with E-state index in [2.05, 4.69) is 6.92 Å². The molecule has 1 aromatic rings. The van der Waals surface area contributed by atoms with Crippen molar-refractivity contribution in [1.29, 1.82) is 0 Å². The standard InChI is InChI=1S/C9H12NO2S/c1-7-3-5-8(6-4-7)9(10)13(2,11)12/h3-6,9H,1,10H2,2H3. The summed E-state index contributed by atoms with van der Waals surface area (Å²) in [5.41, 5.74) is 6.94. The molecule has 0 saturated carbocycles. The molecular weight excluding hydrogens is 186 g/mol. The number of hydrogen-bond acceptors (Lipinski definition) is 3. The zero-order valence-corrected chi connectivity index (χ0v) is 8.21. The van der Waals surface area contributed by atoms with Gasteiger partial charge in [0.05, 0.1) is 0 Å². The quantitative estimate of drug-likeness (QED) is 0.767. The molecule has 71 valence electrons. The van der Waals surface area contributed by atoms with Gasteiger partial charge in [0.25, 0.3) is 0 Å². The van der Waals surface area contributed by atoms with Crippen molar-refractivity contribution in [2.75, 3.05) is 6.26 Å². The van der Waals surface area contributed by atoms with Crippen LogP contribution < -0.4 is 5.73 Å². The monoisotopic (exact) mass is 198 g/mol. The van der Waals surface area contributed by atoms with Crippen molar-refractivity contribution in [3.63, 3.8) is 0 Å². The molecule has 0 bridgehead atoms. The minimum Gasteiger partial charge on any atom is -0.311 e. The highest BCUT2D eigenvalue weighted by molar-refractivity contribution is 7.90. The molecule has 2 N–H and O–H groups in total. The lowest BCUT2D eigenvalue weighted by atomic mass is 10.1. The molecule has 0 heterocycles. The summed E-state index contributed by atoms with van der Waals surface area (Å²) < 4.78 is 22.2. The van der Waals surface area contributed by atoms with Crippen LogP contribution in [0.2, 0.25) is 0 Å². The fourth-order valence-corrected chi connectivity index (χ4v) is 1.61. The van der Waals surface area contributed by atoms with Crippen LogP contribution in [-0.2, 0) is 9.84 Å². The zero-order chi connectivity index (χ0) is 10.1. The van der Waals surface area contributed by atoms with Crippen LogP contribution in [0.25, 0.3) is 0 Å². The van der Waals surface area contributed by atoms with Crippen LogP contribution in [-0.4, -0.2) is 14.7 Å². The van der Waals surface area contributed by atoms with E-state index in [9.17, 15) is 8.42 Å². The summed E-state index contributed by atoms with van der Waals surface area (Å²) in [5, 5.41) is -0.937. The van der Waals surface area contributed by atoms with Gasteiger partial charge in [0.15, 0.2) is 9.84 Å². The summed E-state index contributed by atoms with van der Waals surface area (Å²) in [6, 6.07) is 6.82. The first-order chi connectivity index (χ1) is 5.91. The fraction of sp³-hybridized carbons (Fsp3) is 0.222. The molecule has 0 fully saturated rings. The van der Waals surface area contributed by atoms with Gasteiger partial charge in [-0.05, 0) is 18.1 Å². The molecule has 3 nitrogen and oxygen atoms in total. The van der Waals surface area contributed by atoms with Gasteiger partial charge in [0.1, 0.15) is 5.37 Å². The van der Waals surface area contributed by atoms with E-state index in [0.717, 1.165) is 11.8 Å². The number of benzene rings is 1. The zero-order valence-electron chi connectivity index (χ0n) is 7.40. The Bertz CT molecular complexity index is 381. The fourth-order valence-electron chi connectivity index (χ4n) is 0.955. The Morgan fingerprint density at radius 2 is 1.77 bits per heavy atom. The minimum atomic E-state index is -3.21. The van der Waals surface area contributed by atoms with Gasteiger partial charge in [-0.2, -0.15) is 0 Å². The second-order valence-electron chi connectivity index (χ2n) is 2.99. The second kappa shape index (κ2) is 3.47.